The Kier molecular flexibility index (Phi) is 8.05. The molecule has 0 spiro atoms. The fourth-order valence-electron chi connectivity index (χ4n) is 3.25. The van der Waals surface area contributed by atoms with Gasteiger partial charge in [0.2, 0.25) is 6.04 Å². The molecule has 10 nitrogen and oxygen atoms in total. The third-order valence-corrected chi connectivity index (χ3v) is 4.61. The van der Waals surface area contributed by atoms with Crippen molar-refractivity contribution in [2.45, 2.75) is 31.0 Å². The zero-order valence-electron chi connectivity index (χ0n) is 15.4. The fourth-order valence-corrected chi connectivity index (χ4v) is 3.25. The van der Waals surface area contributed by atoms with Gasteiger partial charge in [-0.25, -0.2) is 9.29 Å². The Hall–Kier alpha value is -2.82. The predicted molar refractivity (Wildman–Crippen MR) is 96.2 cm³/mol. The average Bonchev–Trinajstić information content (AvgIpc) is 2.70. The van der Waals surface area contributed by atoms with Crippen LogP contribution in [0.2, 0.25) is 0 Å². The zero-order valence-corrected chi connectivity index (χ0v) is 15.4. The molecule has 2 aliphatic heterocycles. The summed E-state index contributed by atoms with van der Waals surface area (Å²) in [7, 11) is 0. The van der Waals surface area contributed by atoms with E-state index in [1.54, 1.807) is 14.7 Å². The summed E-state index contributed by atoms with van der Waals surface area (Å²) < 4.78 is 13.9. The van der Waals surface area contributed by atoms with E-state index in [1.165, 1.54) is 4.90 Å². The van der Waals surface area contributed by atoms with Gasteiger partial charge in [-0.15, -0.1) is 0 Å². The first-order chi connectivity index (χ1) is 13.5. The summed E-state index contributed by atoms with van der Waals surface area (Å²) >= 11 is 0. The first-order valence-electron chi connectivity index (χ1n) is 8.87. The summed E-state index contributed by atoms with van der Waals surface area (Å²) in [5.41, 5.74) is 5.74. The molecule has 0 aromatic heterocycles. The maximum Gasteiger partial charge on any atom is 0.415 e. The van der Waals surface area contributed by atoms with Gasteiger partial charge in [-0.2, -0.15) is 21.0 Å². The number of halogens is 1. The maximum absolute atomic E-state index is 13.9. The van der Waals surface area contributed by atoms with E-state index >= 15 is 0 Å². The van der Waals surface area contributed by atoms with Gasteiger partial charge in [0.15, 0.2) is 6.07 Å². The average molecular weight is 385 g/mol. The molecule has 0 saturated carbocycles. The lowest BCUT2D eigenvalue weighted by Gasteiger charge is -2.36. The second-order valence-electron chi connectivity index (χ2n) is 6.67. The van der Waals surface area contributed by atoms with Crippen molar-refractivity contribution in [3.8, 4) is 30.3 Å². The van der Waals surface area contributed by atoms with E-state index in [-0.39, 0.29) is 26.3 Å². The number of hydrogen-bond acceptors (Lipinski definition) is 9. The molecule has 2 N–H and O–H groups in total. The van der Waals surface area contributed by atoms with Crippen molar-refractivity contribution in [1.29, 1.82) is 21.0 Å². The normalized spacial score (nSPS) is 25.0. The summed E-state index contributed by atoms with van der Waals surface area (Å²) in [6, 6.07) is 9.90. The minimum absolute atomic E-state index is 0.0249. The number of hydrogen-bond donors (Lipinski definition) is 1. The van der Waals surface area contributed by atoms with Crippen LogP contribution in [0.15, 0.2) is 0 Å². The molecule has 2 heterocycles. The van der Waals surface area contributed by atoms with Gasteiger partial charge < -0.3 is 5.73 Å². The Morgan fingerprint density at radius 1 is 1.00 bits per heavy atom. The summed E-state index contributed by atoms with van der Waals surface area (Å²) in [5, 5.41) is 36.7. The Morgan fingerprint density at radius 3 is 2.39 bits per heavy atom. The molecule has 11 heteroatoms. The van der Waals surface area contributed by atoms with Gasteiger partial charge in [0.05, 0.1) is 32.0 Å². The molecule has 0 amide bonds. The second-order valence-corrected chi connectivity index (χ2v) is 6.67. The van der Waals surface area contributed by atoms with Crippen LogP contribution >= 0.6 is 0 Å². The van der Waals surface area contributed by atoms with E-state index < -0.39 is 24.5 Å². The Labute approximate surface area is 163 Å². The minimum atomic E-state index is -1.19. The van der Waals surface area contributed by atoms with Crippen molar-refractivity contribution in [3.05, 3.63) is 4.85 Å². The molecule has 2 fully saturated rings. The van der Waals surface area contributed by atoms with Gasteiger partial charge in [0, 0.05) is 26.2 Å². The number of nitrogens with two attached hydrogens (primary N) is 1. The fraction of sp³-hybridized carbons (Fsp3) is 0.706. The van der Waals surface area contributed by atoms with Crippen molar-refractivity contribution >= 4 is 0 Å². The summed E-state index contributed by atoms with van der Waals surface area (Å²) in [4.78, 5) is 10.7. The van der Waals surface area contributed by atoms with Crippen LogP contribution in [0, 0.1) is 51.4 Å². The summed E-state index contributed by atoms with van der Waals surface area (Å²) in [6.45, 7) is 2.05. The molecule has 0 aromatic rings. The van der Waals surface area contributed by atoms with Crippen molar-refractivity contribution in [2.75, 3.05) is 46.1 Å². The summed E-state index contributed by atoms with van der Waals surface area (Å²) in [6.07, 6.45) is -2.22. The lowest BCUT2D eigenvalue weighted by Crippen LogP contribution is -2.54. The Morgan fingerprint density at radius 2 is 1.75 bits per heavy atom. The first-order valence-corrected chi connectivity index (χ1v) is 8.87. The number of rotatable bonds is 4. The Balaban J connectivity index is 2.07. The van der Waals surface area contributed by atoms with E-state index in [9.17, 15) is 14.9 Å². The lowest BCUT2D eigenvalue weighted by atomic mass is 10.2. The Bertz CT molecular complexity index is 763. The molecule has 0 radical (unpaired) electrons. The van der Waals surface area contributed by atoms with E-state index in [2.05, 4.69) is 17.0 Å². The molecule has 4 atom stereocenters. The van der Waals surface area contributed by atoms with E-state index in [1.807, 2.05) is 18.2 Å². The predicted octanol–water partition coefficient (Wildman–Crippen LogP) is -0.728. The van der Waals surface area contributed by atoms with Crippen LogP contribution in [0.1, 0.15) is 6.42 Å². The van der Waals surface area contributed by atoms with Gasteiger partial charge in [0.1, 0.15) is 18.4 Å². The van der Waals surface area contributed by atoms with Crippen LogP contribution in [0.4, 0.5) is 4.39 Å². The van der Waals surface area contributed by atoms with Crippen molar-refractivity contribution in [3.63, 3.8) is 0 Å². The molecule has 28 heavy (non-hydrogen) atoms. The first kappa shape index (κ1) is 21.5. The SMILES string of the molecule is N#CCN1CC(F)CN(C(C#N)[N+]#CC(C#N)N2CCCN(C(N)C#N)C2)C1. The highest BCUT2D eigenvalue weighted by Crippen LogP contribution is 2.14. The highest BCUT2D eigenvalue weighted by atomic mass is 19.1. The monoisotopic (exact) mass is 385 g/mol. The number of nitriles is 4. The maximum atomic E-state index is 13.9. The van der Waals surface area contributed by atoms with Crippen LogP contribution in [0.5, 0.6) is 0 Å². The van der Waals surface area contributed by atoms with E-state index in [0.29, 0.717) is 19.8 Å². The van der Waals surface area contributed by atoms with Crippen LogP contribution in [0.25, 0.3) is 4.85 Å². The van der Waals surface area contributed by atoms with E-state index in [4.69, 9.17) is 16.3 Å². The third kappa shape index (κ3) is 5.59. The lowest BCUT2D eigenvalue weighted by molar-refractivity contribution is 0.0338. The highest BCUT2D eigenvalue weighted by molar-refractivity contribution is 5.16. The van der Waals surface area contributed by atoms with E-state index in [0.717, 1.165) is 6.42 Å². The minimum Gasteiger partial charge on any atom is -0.304 e. The van der Waals surface area contributed by atoms with Crippen LogP contribution in [0.3, 0.4) is 0 Å². The molecule has 146 valence electrons. The van der Waals surface area contributed by atoms with Gasteiger partial charge in [-0.3, -0.25) is 14.7 Å². The number of alkyl halides is 1. The van der Waals surface area contributed by atoms with Gasteiger partial charge in [-0.05, 0) is 11.3 Å². The molecular weight excluding hydrogens is 363 g/mol. The van der Waals surface area contributed by atoms with Crippen LogP contribution < -0.4 is 5.73 Å². The zero-order chi connectivity index (χ0) is 20.5. The molecule has 2 aliphatic rings. The van der Waals surface area contributed by atoms with Crippen molar-refractivity contribution < 1.29 is 4.39 Å². The molecule has 0 aliphatic carbocycles. The molecule has 2 rings (SSSR count). The standard InChI is InChI=1S/C17H22FN10/c18-14-10-25(5-2-19)12-28(11-14)17(8-22)24-9-15(6-20)26-3-1-4-27(13-26)16(23)7-21/h14-17H,1,3-5,10-13,23H2/q+1. The van der Waals surface area contributed by atoms with Gasteiger partial charge in [0.25, 0.3) is 0 Å². The molecule has 2 saturated heterocycles. The quantitative estimate of drug-likeness (QED) is 0.621. The van der Waals surface area contributed by atoms with Crippen LogP contribution in [-0.2, 0) is 0 Å². The summed E-state index contributed by atoms with van der Waals surface area (Å²) in [5.74, 6) is 0. The molecule has 4 unspecified atom stereocenters. The smallest absolute Gasteiger partial charge is 0.304 e. The highest BCUT2D eigenvalue weighted by Gasteiger charge is 2.36. The van der Waals surface area contributed by atoms with Crippen molar-refractivity contribution in [1.82, 2.24) is 19.6 Å². The van der Waals surface area contributed by atoms with Crippen molar-refractivity contribution in [2.24, 2.45) is 5.73 Å². The second kappa shape index (κ2) is 10.5. The third-order valence-electron chi connectivity index (χ3n) is 4.61. The van der Waals surface area contributed by atoms with Crippen LogP contribution in [-0.4, -0.2) is 90.2 Å². The van der Waals surface area contributed by atoms with Gasteiger partial charge in [-0.1, -0.05) is 0 Å². The number of nitrogens with zero attached hydrogens (tertiary/aromatic N) is 9. The van der Waals surface area contributed by atoms with Gasteiger partial charge >= 0.3 is 12.2 Å². The largest absolute Gasteiger partial charge is 0.415 e. The topological polar surface area (TPSA) is 138 Å². The molecule has 0 bridgehead atoms. The molecular formula is C17H22FN10+. The molecule has 0 aromatic carbocycles.